The van der Waals surface area contributed by atoms with Crippen LogP contribution in [-0.2, 0) is 6.54 Å². The molecule has 0 aliphatic carbocycles. The van der Waals surface area contributed by atoms with Crippen LogP contribution in [0.15, 0.2) is 40.8 Å². The third-order valence-corrected chi connectivity index (χ3v) is 3.89. The van der Waals surface area contributed by atoms with Gasteiger partial charge in [-0.05, 0) is 48.1 Å². The molecule has 0 radical (unpaired) electrons. The van der Waals surface area contributed by atoms with Crippen LogP contribution in [0.5, 0.6) is 11.5 Å². The first kappa shape index (κ1) is 14.8. The zero-order valence-electron chi connectivity index (χ0n) is 13.0. The fourth-order valence-electron chi connectivity index (χ4n) is 2.53. The van der Waals surface area contributed by atoms with Crippen LogP contribution in [0, 0.1) is 6.92 Å². The lowest BCUT2D eigenvalue weighted by atomic mass is 10.2. The minimum atomic E-state index is 0.274. The molecule has 1 aromatic heterocycles. The molecular formula is C17H15N3O3S. The average Bonchev–Trinajstić information content (AvgIpc) is 3.17. The summed E-state index contributed by atoms with van der Waals surface area (Å²) in [6.07, 6.45) is 0. The summed E-state index contributed by atoms with van der Waals surface area (Å²) in [5.74, 6) is 2.18. The molecule has 2 N–H and O–H groups in total. The number of aryl methyl sites for hydroxylation is 1. The molecule has 1 aliphatic heterocycles. The molecule has 0 saturated heterocycles. The molecule has 0 amide bonds. The lowest BCUT2D eigenvalue weighted by molar-refractivity contribution is 0.174. The van der Waals surface area contributed by atoms with Gasteiger partial charge in [0, 0.05) is 19.2 Å². The maximum absolute atomic E-state index is 5.46. The lowest BCUT2D eigenvalue weighted by Gasteiger charge is -2.11. The Bertz CT molecular complexity index is 923. The van der Waals surface area contributed by atoms with E-state index in [1.54, 1.807) is 0 Å². The first-order valence-corrected chi connectivity index (χ1v) is 7.89. The van der Waals surface area contributed by atoms with Gasteiger partial charge in [-0.1, -0.05) is 6.07 Å². The Morgan fingerprint density at radius 3 is 2.96 bits per heavy atom. The second-order valence-corrected chi connectivity index (χ2v) is 5.82. The van der Waals surface area contributed by atoms with E-state index in [1.165, 1.54) is 0 Å². The van der Waals surface area contributed by atoms with Crippen LogP contribution >= 0.6 is 12.2 Å². The second-order valence-electron chi connectivity index (χ2n) is 5.41. The molecule has 1 aliphatic rings. The van der Waals surface area contributed by atoms with Gasteiger partial charge in [-0.25, -0.2) is 4.98 Å². The molecule has 122 valence electrons. The van der Waals surface area contributed by atoms with Crippen LogP contribution in [0.4, 0.5) is 5.69 Å². The summed E-state index contributed by atoms with van der Waals surface area (Å²) in [5, 5.41) is 6.86. The number of fused-ring (bicyclic) bond motifs is 2. The first-order valence-electron chi connectivity index (χ1n) is 7.48. The molecule has 24 heavy (non-hydrogen) atoms. The zero-order chi connectivity index (χ0) is 16.5. The summed E-state index contributed by atoms with van der Waals surface area (Å²) < 4.78 is 16.1. The number of thiocarbonyl (C=S) groups is 1. The number of aromatic nitrogens is 1. The van der Waals surface area contributed by atoms with E-state index < -0.39 is 0 Å². The summed E-state index contributed by atoms with van der Waals surface area (Å²) >= 11 is 5.34. The highest BCUT2D eigenvalue weighted by Crippen LogP contribution is 2.32. The monoisotopic (exact) mass is 341 g/mol. The molecule has 0 saturated carbocycles. The molecule has 0 bridgehead atoms. The van der Waals surface area contributed by atoms with E-state index >= 15 is 0 Å². The number of hydrogen-bond donors (Lipinski definition) is 2. The number of nitrogens with one attached hydrogen (secondary N) is 2. The lowest BCUT2D eigenvalue weighted by Crippen LogP contribution is -2.27. The third kappa shape index (κ3) is 2.98. The van der Waals surface area contributed by atoms with Gasteiger partial charge in [0.15, 0.2) is 28.1 Å². The largest absolute Gasteiger partial charge is 0.454 e. The van der Waals surface area contributed by atoms with Crippen molar-refractivity contribution >= 4 is 34.1 Å². The molecule has 3 aromatic rings. The Morgan fingerprint density at radius 1 is 1.17 bits per heavy atom. The summed E-state index contributed by atoms with van der Waals surface area (Å²) in [7, 11) is 0. The van der Waals surface area contributed by atoms with Gasteiger partial charge < -0.3 is 24.5 Å². The van der Waals surface area contributed by atoms with Crippen LogP contribution in [0.1, 0.15) is 11.5 Å². The Morgan fingerprint density at radius 2 is 2.04 bits per heavy atom. The van der Waals surface area contributed by atoms with Crippen molar-refractivity contribution < 1.29 is 13.9 Å². The molecule has 2 heterocycles. The van der Waals surface area contributed by atoms with Gasteiger partial charge in [-0.15, -0.1) is 0 Å². The quantitative estimate of drug-likeness (QED) is 0.708. The summed E-state index contributed by atoms with van der Waals surface area (Å²) in [4.78, 5) is 4.31. The van der Waals surface area contributed by atoms with Gasteiger partial charge in [0.2, 0.25) is 6.79 Å². The zero-order valence-corrected chi connectivity index (χ0v) is 13.8. The van der Waals surface area contributed by atoms with Crippen molar-refractivity contribution in [2.45, 2.75) is 13.5 Å². The number of nitrogens with zero attached hydrogens (tertiary/aromatic N) is 1. The molecule has 2 aromatic carbocycles. The number of rotatable bonds is 3. The van der Waals surface area contributed by atoms with Crippen molar-refractivity contribution in [2.75, 3.05) is 12.1 Å². The van der Waals surface area contributed by atoms with E-state index in [-0.39, 0.29) is 6.79 Å². The molecule has 6 nitrogen and oxygen atoms in total. The SMILES string of the molecule is Cc1nc2cc(NC(=S)NCc3ccc4c(c3)OCO4)ccc2o1. The first-order chi connectivity index (χ1) is 11.7. The molecule has 0 unspecified atom stereocenters. The predicted octanol–water partition coefficient (Wildman–Crippen LogP) is 3.35. The number of ether oxygens (including phenoxy) is 2. The highest BCUT2D eigenvalue weighted by Gasteiger charge is 2.13. The molecule has 0 spiro atoms. The van der Waals surface area contributed by atoms with Gasteiger partial charge in [0.25, 0.3) is 0 Å². The predicted molar refractivity (Wildman–Crippen MR) is 94.4 cm³/mol. The van der Waals surface area contributed by atoms with Crippen LogP contribution in [-0.4, -0.2) is 16.9 Å². The van der Waals surface area contributed by atoms with E-state index in [1.807, 2.05) is 43.3 Å². The molecule has 7 heteroatoms. The van der Waals surface area contributed by atoms with Gasteiger partial charge >= 0.3 is 0 Å². The van der Waals surface area contributed by atoms with Crippen molar-refractivity contribution in [1.82, 2.24) is 10.3 Å². The normalized spacial score (nSPS) is 12.4. The Labute approximate surface area is 143 Å². The van der Waals surface area contributed by atoms with Crippen LogP contribution in [0.3, 0.4) is 0 Å². The minimum Gasteiger partial charge on any atom is -0.454 e. The second kappa shape index (κ2) is 6.01. The molecule has 4 rings (SSSR count). The van der Waals surface area contributed by atoms with Crippen molar-refractivity contribution in [2.24, 2.45) is 0 Å². The van der Waals surface area contributed by atoms with Gasteiger partial charge in [0.05, 0.1) is 0 Å². The maximum Gasteiger partial charge on any atom is 0.231 e. The van der Waals surface area contributed by atoms with Gasteiger partial charge in [-0.2, -0.15) is 0 Å². The maximum atomic E-state index is 5.46. The van der Waals surface area contributed by atoms with Crippen molar-refractivity contribution in [1.29, 1.82) is 0 Å². The smallest absolute Gasteiger partial charge is 0.231 e. The standard InChI is InChI=1S/C17H15N3O3S/c1-10-19-13-7-12(3-5-14(13)23-10)20-17(24)18-8-11-2-4-15-16(6-11)22-9-21-15/h2-7H,8-9H2,1H3,(H2,18,20,24). The van der Waals surface area contributed by atoms with Crippen molar-refractivity contribution in [3.8, 4) is 11.5 Å². The third-order valence-electron chi connectivity index (χ3n) is 3.64. The van der Waals surface area contributed by atoms with E-state index in [9.17, 15) is 0 Å². The van der Waals surface area contributed by atoms with E-state index in [4.69, 9.17) is 26.1 Å². The summed E-state index contributed by atoms with van der Waals surface area (Å²) in [5.41, 5.74) is 3.48. The number of anilines is 1. The Hall–Kier alpha value is -2.80. The van der Waals surface area contributed by atoms with E-state index in [0.717, 1.165) is 33.8 Å². The van der Waals surface area contributed by atoms with E-state index in [0.29, 0.717) is 17.5 Å². The van der Waals surface area contributed by atoms with Crippen LogP contribution in [0.25, 0.3) is 11.1 Å². The van der Waals surface area contributed by atoms with Crippen LogP contribution in [0.2, 0.25) is 0 Å². The molecule has 0 fully saturated rings. The van der Waals surface area contributed by atoms with Gasteiger partial charge in [-0.3, -0.25) is 0 Å². The topological polar surface area (TPSA) is 68.6 Å². The summed E-state index contributed by atoms with van der Waals surface area (Å²) in [6, 6.07) is 11.5. The van der Waals surface area contributed by atoms with Crippen molar-refractivity contribution in [3.05, 3.63) is 47.9 Å². The fourth-order valence-corrected chi connectivity index (χ4v) is 2.72. The van der Waals surface area contributed by atoms with E-state index in [2.05, 4.69) is 15.6 Å². The minimum absolute atomic E-state index is 0.274. The van der Waals surface area contributed by atoms with Gasteiger partial charge in [0.1, 0.15) is 5.52 Å². The average molecular weight is 341 g/mol. The Balaban J connectivity index is 1.38. The summed E-state index contributed by atoms with van der Waals surface area (Å²) in [6.45, 7) is 2.69. The molecular weight excluding hydrogens is 326 g/mol. The number of oxazole rings is 1. The Kier molecular flexibility index (Phi) is 3.70. The highest BCUT2D eigenvalue weighted by atomic mass is 32.1. The number of benzene rings is 2. The van der Waals surface area contributed by atoms with Crippen molar-refractivity contribution in [3.63, 3.8) is 0 Å². The number of hydrogen-bond acceptors (Lipinski definition) is 5. The highest BCUT2D eigenvalue weighted by molar-refractivity contribution is 7.80. The molecule has 0 atom stereocenters. The van der Waals surface area contributed by atoms with Crippen LogP contribution < -0.4 is 20.1 Å². The fraction of sp³-hybridized carbons (Fsp3) is 0.176.